The van der Waals surface area contributed by atoms with Crippen LogP contribution < -0.4 is 5.14 Å². The number of carbonyl (C=O) groups is 1. The third kappa shape index (κ3) is 5.53. The molecule has 6 rings (SSSR count). The van der Waals surface area contributed by atoms with Gasteiger partial charge in [-0.3, -0.25) is 5.14 Å². The standard InChI is InChI=1S/C29H24F2N4O3S2/c30-21-5-4-19(14-18(21)7-8-29(38)9-10-29)26-20(11-17-3-6-25(40-32)22(31)12-17)24(13-16-1-2-16)35(34-26)28-33-23(15-39-28)27(36)37/h3-6,12,14-16,38H,1-2,9-11,13,32H2,(H,36,37). The second kappa shape index (κ2) is 10.4. The van der Waals surface area contributed by atoms with Crippen molar-refractivity contribution in [3.63, 3.8) is 0 Å². The number of aromatic nitrogens is 3. The third-order valence-corrected chi connectivity index (χ3v) is 8.46. The zero-order valence-corrected chi connectivity index (χ0v) is 22.8. The highest BCUT2D eigenvalue weighted by molar-refractivity contribution is 7.97. The van der Waals surface area contributed by atoms with Gasteiger partial charge in [-0.1, -0.05) is 17.9 Å². The van der Waals surface area contributed by atoms with Gasteiger partial charge >= 0.3 is 5.97 Å². The maximum absolute atomic E-state index is 14.7. The minimum atomic E-state index is -1.13. The first-order valence-electron chi connectivity index (χ1n) is 12.7. The molecule has 11 heteroatoms. The fourth-order valence-corrected chi connectivity index (χ4v) is 5.57. The molecule has 204 valence electrons. The lowest BCUT2D eigenvalue weighted by molar-refractivity contribution is 0.0691. The van der Waals surface area contributed by atoms with Gasteiger partial charge in [0.1, 0.15) is 17.2 Å². The van der Waals surface area contributed by atoms with Crippen LogP contribution in [0.4, 0.5) is 8.78 Å². The van der Waals surface area contributed by atoms with Crippen LogP contribution in [-0.2, 0) is 12.8 Å². The van der Waals surface area contributed by atoms with Gasteiger partial charge in [-0.05, 0) is 85.9 Å². The molecule has 2 aliphatic rings. The molecule has 40 heavy (non-hydrogen) atoms. The van der Waals surface area contributed by atoms with Crippen molar-refractivity contribution < 1.29 is 23.8 Å². The highest BCUT2D eigenvalue weighted by Gasteiger charge is 2.38. The van der Waals surface area contributed by atoms with E-state index in [0.717, 1.165) is 36.0 Å². The summed E-state index contributed by atoms with van der Waals surface area (Å²) in [4.78, 5) is 16.2. The molecular formula is C29H24F2N4O3S2. The normalized spacial score (nSPS) is 15.5. The zero-order valence-electron chi connectivity index (χ0n) is 21.2. The minimum Gasteiger partial charge on any atom is -0.476 e. The molecule has 0 spiro atoms. The van der Waals surface area contributed by atoms with Crippen LogP contribution in [0.15, 0.2) is 46.7 Å². The first-order valence-corrected chi connectivity index (χ1v) is 14.5. The number of aliphatic hydroxyl groups is 1. The van der Waals surface area contributed by atoms with Crippen LogP contribution in [0.25, 0.3) is 16.4 Å². The molecule has 2 aliphatic carbocycles. The molecule has 0 aliphatic heterocycles. The van der Waals surface area contributed by atoms with E-state index in [4.69, 9.17) is 10.2 Å². The van der Waals surface area contributed by atoms with E-state index in [1.165, 1.54) is 28.8 Å². The lowest BCUT2D eigenvalue weighted by Gasteiger charge is -2.10. The van der Waals surface area contributed by atoms with E-state index in [-0.39, 0.29) is 11.3 Å². The van der Waals surface area contributed by atoms with Gasteiger partial charge in [0.05, 0.1) is 21.8 Å². The number of nitrogens with zero attached hydrogens (tertiary/aromatic N) is 3. The predicted octanol–water partition coefficient (Wildman–Crippen LogP) is 5.36. The summed E-state index contributed by atoms with van der Waals surface area (Å²) in [6, 6.07) is 9.42. The number of carboxylic acid groups (broad SMARTS) is 1. The maximum atomic E-state index is 14.7. The molecule has 2 fully saturated rings. The Morgan fingerprint density at radius 3 is 2.65 bits per heavy atom. The van der Waals surface area contributed by atoms with Crippen LogP contribution in [0.5, 0.6) is 0 Å². The summed E-state index contributed by atoms with van der Waals surface area (Å²) in [6.45, 7) is 0. The Morgan fingerprint density at radius 2 is 2.00 bits per heavy atom. The largest absolute Gasteiger partial charge is 0.476 e. The topological polar surface area (TPSA) is 114 Å². The number of hydrogen-bond donors (Lipinski definition) is 3. The summed E-state index contributed by atoms with van der Waals surface area (Å²) >= 11 is 2.01. The van der Waals surface area contributed by atoms with E-state index in [1.54, 1.807) is 22.9 Å². The van der Waals surface area contributed by atoms with Crippen molar-refractivity contribution in [2.45, 2.75) is 49.0 Å². The van der Waals surface area contributed by atoms with E-state index in [9.17, 15) is 23.8 Å². The number of rotatable bonds is 8. The van der Waals surface area contributed by atoms with Gasteiger partial charge < -0.3 is 10.2 Å². The summed E-state index contributed by atoms with van der Waals surface area (Å²) in [7, 11) is 0. The summed E-state index contributed by atoms with van der Waals surface area (Å²) in [5.74, 6) is 3.91. The summed E-state index contributed by atoms with van der Waals surface area (Å²) in [5.41, 5.74) is 2.53. The second-order valence-corrected chi connectivity index (χ2v) is 11.7. The van der Waals surface area contributed by atoms with Crippen LogP contribution >= 0.6 is 23.3 Å². The van der Waals surface area contributed by atoms with Gasteiger partial charge in [0, 0.05) is 22.9 Å². The number of benzene rings is 2. The van der Waals surface area contributed by atoms with E-state index < -0.39 is 23.2 Å². The first kappa shape index (κ1) is 26.7. The summed E-state index contributed by atoms with van der Waals surface area (Å²) in [5, 5.41) is 31.9. The highest BCUT2D eigenvalue weighted by Crippen LogP contribution is 2.39. The molecule has 0 bridgehead atoms. The van der Waals surface area contributed by atoms with Crippen LogP contribution in [0.2, 0.25) is 0 Å². The summed E-state index contributed by atoms with van der Waals surface area (Å²) in [6.07, 6.45) is 4.27. The van der Waals surface area contributed by atoms with E-state index in [0.29, 0.717) is 58.4 Å². The molecule has 2 aromatic heterocycles. The molecule has 0 atom stereocenters. The van der Waals surface area contributed by atoms with Crippen LogP contribution in [0.3, 0.4) is 0 Å². The smallest absolute Gasteiger partial charge is 0.355 e. The average Bonchev–Trinajstić information content (AvgIpc) is 3.81. The van der Waals surface area contributed by atoms with Crippen LogP contribution in [0.1, 0.15) is 58.6 Å². The molecule has 2 aromatic carbocycles. The predicted molar refractivity (Wildman–Crippen MR) is 148 cm³/mol. The lowest BCUT2D eigenvalue weighted by Crippen LogP contribution is -2.06. The van der Waals surface area contributed by atoms with Gasteiger partial charge in [-0.25, -0.2) is 23.2 Å². The molecule has 0 unspecified atom stereocenters. The van der Waals surface area contributed by atoms with Gasteiger partial charge in [-0.15, -0.1) is 11.3 Å². The molecule has 0 saturated heterocycles. The third-order valence-electron chi connectivity index (χ3n) is 7.06. The quantitative estimate of drug-likeness (QED) is 0.191. The number of thiazole rings is 1. The Kier molecular flexibility index (Phi) is 6.96. The molecule has 4 N–H and O–H groups in total. The number of halogens is 2. The van der Waals surface area contributed by atoms with Crippen molar-refractivity contribution in [1.82, 2.24) is 14.8 Å². The molecule has 0 amide bonds. The molecule has 4 aromatic rings. The van der Waals surface area contributed by atoms with Crippen molar-refractivity contribution in [1.29, 1.82) is 0 Å². The Morgan fingerprint density at radius 1 is 1.20 bits per heavy atom. The minimum absolute atomic E-state index is 0.0785. The fraction of sp³-hybridized carbons (Fsp3) is 0.276. The Bertz CT molecular complexity index is 1700. The van der Waals surface area contributed by atoms with Crippen molar-refractivity contribution in [3.05, 3.63) is 81.5 Å². The molecule has 0 radical (unpaired) electrons. The fourth-order valence-electron chi connectivity index (χ4n) is 4.48. The SMILES string of the molecule is NSc1ccc(Cc2c(-c3ccc(F)c(C#CC4(O)CC4)c3)nn(-c3nc(C(=O)O)cs3)c2CC2CC2)cc1F. The molecule has 2 heterocycles. The molecular weight excluding hydrogens is 554 g/mol. The van der Waals surface area contributed by atoms with Gasteiger partial charge in [0.25, 0.3) is 0 Å². The monoisotopic (exact) mass is 578 g/mol. The van der Waals surface area contributed by atoms with Gasteiger partial charge in [-0.2, -0.15) is 5.10 Å². The zero-order chi connectivity index (χ0) is 28.0. The number of carboxylic acids is 1. The first-order chi connectivity index (χ1) is 19.2. The molecule has 2 saturated carbocycles. The number of hydrogen-bond acceptors (Lipinski definition) is 7. The van der Waals surface area contributed by atoms with E-state index >= 15 is 0 Å². The Labute approximate surface area is 237 Å². The van der Waals surface area contributed by atoms with Crippen molar-refractivity contribution >= 4 is 29.3 Å². The van der Waals surface area contributed by atoms with E-state index in [2.05, 4.69) is 16.8 Å². The van der Waals surface area contributed by atoms with Gasteiger partial charge in [0.2, 0.25) is 5.13 Å². The highest BCUT2D eigenvalue weighted by atomic mass is 32.2. The average molecular weight is 579 g/mol. The number of nitrogens with two attached hydrogens (primary N) is 1. The lowest BCUT2D eigenvalue weighted by atomic mass is 9.96. The maximum Gasteiger partial charge on any atom is 0.355 e. The Hall–Kier alpha value is -3.56. The van der Waals surface area contributed by atoms with Crippen LogP contribution in [0, 0.1) is 29.4 Å². The van der Waals surface area contributed by atoms with Crippen molar-refractivity contribution in [2.24, 2.45) is 11.1 Å². The van der Waals surface area contributed by atoms with E-state index in [1.807, 2.05) is 6.07 Å². The molecule has 7 nitrogen and oxygen atoms in total. The van der Waals surface area contributed by atoms with Crippen molar-refractivity contribution in [3.8, 4) is 28.2 Å². The number of aromatic carboxylic acids is 1. The second-order valence-electron chi connectivity index (χ2n) is 10.2. The van der Waals surface area contributed by atoms with Crippen molar-refractivity contribution in [2.75, 3.05) is 0 Å². The summed E-state index contributed by atoms with van der Waals surface area (Å²) < 4.78 is 31.1. The van der Waals surface area contributed by atoms with Crippen LogP contribution in [-0.4, -0.2) is 36.5 Å². The Balaban J connectivity index is 1.51. The van der Waals surface area contributed by atoms with Gasteiger partial charge in [0.15, 0.2) is 5.69 Å².